The summed E-state index contributed by atoms with van der Waals surface area (Å²) in [5.74, 6) is -0.291. The molecule has 1 aromatic rings. The highest BCUT2D eigenvalue weighted by atomic mass is 16.5. The van der Waals surface area contributed by atoms with Gasteiger partial charge in [0, 0.05) is 11.1 Å². The van der Waals surface area contributed by atoms with Gasteiger partial charge < -0.3 is 9.47 Å². The predicted octanol–water partition coefficient (Wildman–Crippen LogP) is 5.07. The number of carbonyl (C=O) groups is 2. The molecule has 0 N–H and O–H groups in total. The topological polar surface area (TPSA) is 52.6 Å². The van der Waals surface area contributed by atoms with Crippen LogP contribution in [0.2, 0.25) is 0 Å². The number of benzene rings is 1. The molecule has 1 rings (SSSR count). The van der Waals surface area contributed by atoms with Crippen molar-refractivity contribution >= 4 is 17.5 Å². The van der Waals surface area contributed by atoms with Crippen LogP contribution in [-0.4, -0.2) is 11.9 Å². The van der Waals surface area contributed by atoms with Gasteiger partial charge in [-0.15, -0.1) is 0 Å². The van der Waals surface area contributed by atoms with Crippen molar-refractivity contribution in [1.82, 2.24) is 0 Å². The van der Waals surface area contributed by atoms with Crippen LogP contribution in [0.25, 0.3) is 5.57 Å². The van der Waals surface area contributed by atoms with Crippen molar-refractivity contribution in [2.45, 2.75) is 27.7 Å². The molecule has 0 aliphatic rings. The Morgan fingerprint density at radius 3 is 2.12 bits per heavy atom. The summed E-state index contributed by atoms with van der Waals surface area (Å²) in [6.45, 7) is 17.8. The normalized spacial score (nSPS) is 11.2. The second-order valence-electron chi connectivity index (χ2n) is 5.86. The van der Waals surface area contributed by atoms with Crippen LogP contribution in [0, 0.1) is 6.92 Å². The molecule has 0 radical (unpaired) electrons. The van der Waals surface area contributed by atoms with Gasteiger partial charge in [-0.25, -0.2) is 9.59 Å². The quantitative estimate of drug-likeness (QED) is 0.226. The molecule has 4 heteroatoms. The molecule has 0 saturated carbocycles. The number of allylic oxidation sites excluding steroid dienone is 4. The molecule has 4 nitrogen and oxygen atoms in total. The highest BCUT2D eigenvalue weighted by Gasteiger charge is 2.09. The van der Waals surface area contributed by atoms with E-state index < -0.39 is 11.9 Å². The molecule has 0 spiro atoms. The Kier molecular flexibility index (Phi) is 7.53. The molecule has 0 fully saturated rings. The van der Waals surface area contributed by atoms with Crippen molar-refractivity contribution < 1.29 is 19.1 Å². The SMILES string of the molecule is C=C(/C=C\C(=C/C)c1ccc(OC(=O)C(=C)C)cc1C)OC(=O)C(=C)C. The van der Waals surface area contributed by atoms with E-state index in [1.54, 1.807) is 38.1 Å². The lowest BCUT2D eigenvalue weighted by Gasteiger charge is -2.10. The molecule has 0 saturated heterocycles. The summed E-state index contributed by atoms with van der Waals surface area (Å²) in [6.07, 6.45) is 5.34. The monoisotopic (exact) mass is 352 g/mol. The highest BCUT2D eigenvalue weighted by molar-refractivity contribution is 5.89. The van der Waals surface area contributed by atoms with Gasteiger partial charge in [0.15, 0.2) is 0 Å². The zero-order valence-corrected chi connectivity index (χ0v) is 15.7. The number of ether oxygens (including phenoxy) is 2. The minimum Gasteiger partial charge on any atom is -0.424 e. The standard InChI is InChI=1S/C22H24O4/c1-8-18(10-9-17(7)25-21(23)14(2)3)20-12-11-19(13-16(20)6)26-22(24)15(4)5/h8-13H,2,4,7H2,1,3,5-6H3/b10-9-,18-8+. The lowest BCUT2D eigenvalue weighted by molar-refractivity contribution is -0.134. The fourth-order valence-electron chi connectivity index (χ4n) is 1.98. The Labute approximate surface area is 154 Å². The van der Waals surface area contributed by atoms with Crippen molar-refractivity contribution in [1.29, 1.82) is 0 Å². The zero-order chi connectivity index (χ0) is 19.9. The molecule has 136 valence electrons. The van der Waals surface area contributed by atoms with Crippen LogP contribution >= 0.6 is 0 Å². The van der Waals surface area contributed by atoms with Gasteiger partial charge in [0.25, 0.3) is 0 Å². The average molecular weight is 352 g/mol. The van der Waals surface area contributed by atoms with Gasteiger partial charge in [0.2, 0.25) is 0 Å². The Balaban J connectivity index is 2.94. The van der Waals surface area contributed by atoms with Crippen LogP contribution in [0.1, 0.15) is 31.9 Å². The molecule has 0 bridgehead atoms. The maximum absolute atomic E-state index is 11.6. The van der Waals surface area contributed by atoms with Gasteiger partial charge >= 0.3 is 11.9 Å². The van der Waals surface area contributed by atoms with Crippen molar-refractivity contribution in [2.75, 3.05) is 0 Å². The van der Waals surface area contributed by atoms with E-state index in [-0.39, 0.29) is 5.76 Å². The highest BCUT2D eigenvalue weighted by Crippen LogP contribution is 2.25. The van der Waals surface area contributed by atoms with Gasteiger partial charge in [-0.05, 0) is 62.6 Å². The zero-order valence-electron chi connectivity index (χ0n) is 15.7. The largest absolute Gasteiger partial charge is 0.424 e. The first-order valence-electron chi connectivity index (χ1n) is 8.05. The van der Waals surface area contributed by atoms with E-state index in [4.69, 9.17) is 9.47 Å². The van der Waals surface area contributed by atoms with Crippen LogP contribution < -0.4 is 4.74 Å². The van der Waals surface area contributed by atoms with Crippen molar-refractivity contribution in [3.8, 4) is 5.75 Å². The first-order valence-corrected chi connectivity index (χ1v) is 8.05. The van der Waals surface area contributed by atoms with Gasteiger partial charge in [-0.2, -0.15) is 0 Å². The molecule has 0 unspecified atom stereocenters. The van der Waals surface area contributed by atoms with Gasteiger partial charge in [0.05, 0.1) is 0 Å². The number of hydrogen-bond acceptors (Lipinski definition) is 4. The second kappa shape index (κ2) is 9.37. The molecular weight excluding hydrogens is 328 g/mol. The van der Waals surface area contributed by atoms with E-state index in [0.717, 1.165) is 16.7 Å². The molecule has 0 heterocycles. The Bertz CT molecular complexity index is 823. The minimum atomic E-state index is -0.512. The van der Waals surface area contributed by atoms with Crippen molar-refractivity contribution in [2.24, 2.45) is 0 Å². The summed E-state index contributed by atoms with van der Waals surface area (Å²) in [5, 5.41) is 0. The maximum atomic E-state index is 11.6. The summed E-state index contributed by atoms with van der Waals surface area (Å²) in [4.78, 5) is 23.1. The average Bonchev–Trinajstić information content (AvgIpc) is 2.56. The van der Waals surface area contributed by atoms with Crippen LogP contribution in [0.3, 0.4) is 0 Å². The van der Waals surface area contributed by atoms with Crippen molar-refractivity contribution in [3.05, 3.63) is 84.2 Å². The first kappa shape index (κ1) is 20.9. The molecule has 1 aromatic carbocycles. The van der Waals surface area contributed by atoms with E-state index in [2.05, 4.69) is 19.7 Å². The summed E-state index contributed by atoms with van der Waals surface area (Å²) >= 11 is 0. The smallest absolute Gasteiger partial charge is 0.338 e. The number of esters is 2. The van der Waals surface area contributed by atoms with Gasteiger partial charge in [-0.1, -0.05) is 38.0 Å². The third kappa shape index (κ3) is 6.06. The lowest BCUT2D eigenvalue weighted by atomic mass is 9.99. The van der Waals surface area contributed by atoms with E-state index >= 15 is 0 Å². The Morgan fingerprint density at radius 2 is 1.62 bits per heavy atom. The Hall–Kier alpha value is -3.14. The predicted molar refractivity (Wildman–Crippen MR) is 104 cm³/mol. The van der Waals surface area contributed by atoms with Crippen LogP contribution in [0.4, 0.5) is 0 Å². The summed E-state index contributed by atoms with van der Waals surface area (Å²) in [5.41, 5.74) is 3.44. The first-order chi connectivity index (χ1) is 12.1. The number of rotatable bonds is 7. The number of hydrogen-bond donors (Lipinski definition) is 0. The molecule has 0 aliphatic heterocycles. The molecular formula is C22H24O4. The Morgan fingerprint density at radius 1 is 1.00 bits per heavy atom. The van der Waals surface area contributed by atoms with E-state index in [1.165, 1.54) is 0 Å². The van der Waals surface area contributed by atoms with Crippen LogP contribution in [0.15, 0.2) is 73.1 Å². The van der Waals surface area contributed by atoms with Crippen LogP contribution in [0.5, 0.6) is 5.75 Å². The molecule has 0 aliphatic carbocycles. The summed E-state index contributed by atoms with van der Waals surface area (Å²) in [6, 6.07) is 5.36. The summed E-state index contributed by atoms with van der Waals surface area (Å²) < 4.78 is 10.3. The van der Waals surface area contributed by atoms with E-state index in [1.807, 2.05) is 26.0 Å². The fraction of sp³-hybridized carbons (Fsp3) is 0.182. The summed E-state index contributed by atoms with van der Waals surface area (Å²) in [7, 11) is 0. The van der Waals surface area contributed by atoms with Gasteiger partial charge in [0.1, 0.15) is 11.5 Å². The van der Waals surface area contributed by atoms with Crippen LogP contribution in [-0.2, 0) is 14.3 Å². The third-order valence-electron chi connectivity index (χ3n) is 3.40. The molecule has 0 amide bonds. The molecule has 0 aromatic heterocycles. The minimum absolute atomic E-state index is 0.224. The second-order valence-corrected chi connectivity index (χ2v) is 5.86. The van der Waals surface area contributed by atoms with Gasteiger partial charge in [-0.3, -0.25) is 0 Å². The fourth-order valence-corrected chi connectivity index (χ4v) is 1.98. The number of aryl methyl sites for hydroxylation is 1. The van der Waals surface area contributed by atoms with Crippen molar-refractivity contribution in [3.63, 3.8) is 0 Å². The third-order valence-corrected chi connectivity index (χ3v) is 3.40. The molecule has 26 heavy (non-hydrogen) atoms. The number of carbonyl (C=O) groups excluding carboxylic acids is 2. The van der Waals surface area contributed by atoms with E-state index in [0.29, 0.717) is 16.9 Å². The maximum Gasteiger partial charge on any atom is 0.338 e. The lowest BCUT2D eigenvalue weighted by Crippen LogP contribution is -2.08. The molecule has 0 atom stereocenters. The van der Waals surface area contributed by atoms with E-state index in [9.17, 15) is 9.59 Å².